The number of nitrogens with one attached hydrogen (secondary N) is 2. The van der Waals surface area contributed by atoms with Gasteiger partial charge in [0.25, 0.3) is 0 Å². The van der Waals surface area contributed by atoms with Crippen molar-refractivity contribution in [2.75, 3.05) is 6.54 Å². The summed E-state index contributed by atoms with van der Waals surface area (Å²) in [6.07, 6.45) is 0.938. The molecule has 114 valence electrons. The maximum absolute atomic E-state index is 9.71. The molecule has 0 bridgehead atoms. The molecule has 0 saturated carbocycles. The normalized spacial score (nSPS) is 17.0. The van der Waals surface area contributed by atoms with Gasteiger partial charge in [0, 0.05) is 23.1 Å². The molecule has 22 heavy (non-hydrogen) atoms. The summed E-state index contributed by atoms with van der Waals surface area (Å²) in [6, 6.07) is 12.8. The first-order valence-electron chi connectivity index (χ1n) is 7.08. The Balaban J connectivity index is 0.00000144. The first kappa shape index (κ1) is 14.8. The summed E-state index contributed by atoms with van der Waals surface area (Å²) in [7, 11) is 0. The average Bonchev–Trinajstić information content (AvgIpc) is 2.86. The van der Waals surface area contributed by atoms with Gasteiger partial charge in [-0.2, -0.15) is 0 Å². The third-order valence-corrected chi connectivity index (χ3v) is 4.16. The molecule has 0 spiro atoms. The molecule has 0 radical (unpaired) electrons. The second-order valence-electron chi connectivity index (χ2n) is 5.48. The highest BCUT2D eigenvalue weighted by Crippen LogP contribution is 2.35. The molecule has 1 aliphatic heterocycles. The van der Waals surface area contributed by atoms with Crippen molar-refractivity contribution in [2.24, 2.45) is 0 Å². The molecule has 2 aromatic carbocycles. The average molecular weight is 317 g/mol. The molecule has 4 nitrogen and oxygen atoms in total. The van der Waals surface area contributed by atoms with Crippen LogP contribution in [-0.4, -0.2) is 21.7 Å². The predicted octanol–water partition coefficient (Wildman–Crippen LogP) is 3.24. The number of H-pyrrole nitrogens is 1. The lowest BCUT2D eigenvalue weighted by Crippen LogP contribution is -2.30. The van der Waals surface area contributed by atoms with E-state index in [2.05, 4.69) is 10.3 Å². The molecular weight excluding hydrogens is 300 g/mol. The second-order valence-corrected chi connectivity index (χ2v) is 5.48. The Hall–Kier alpha value is -2.17. The van der Waals surface area contributed by atoms with Crippen LogP contribution in [0.4, 0.5) is 0 Å². The van der Waals surface area contributed by atoms with Crippen LogP contribution in [0.2, 0.25) is 0 Å². The fourth-order valence-electron chi connectivity index (χ4n) is 3.17. The number of hydrogen-bond donors (Lipinski definition) is 4. The molecule has 3 aromatic rings. The van der Waals surface area contributed by atoms with Crippen LogP contribution in [0.5, 0.6) is 11.5 Å². The van der Waals surface area contributed by atoms with Crippen LogP contribution in [-0.2, 0) is 6.42 Å². The minimum Gasteiger partial charge on any atom is -0.508 e. The van der Waals surface area contributed by atoms with Crippen molar-refractivity contribution in [1.29, 1.82) is 0 Å². The van der Waals surface area contributed by atoms with Crippen molar-refractivity contribution in [3.05, 3.63) is 59.3 Å². The fourth-order valence-corrected chi connectivity index (χ4v) is 3.17. The largest absolute Gasteiger partial charge is 0.508 e. The van der Waals surface area contributed by atoms with Crippen LogP contribution in [0.25, 0.3) is 10.9 Å². The highest BCUT2D eigenvalue weighted by atomic mass is 35.5. The fraction of sp³-hybridized carbons (Fsp3) is 0.176. The van der Waals surface area contributed by atoms with Crippen molar-refractivity contribution >= 4 is 23.3 Å². The highest BCUT2D eigenvalue weighted by molar-refractivity contribution is 5.86. The Morgan fingerprint density at radius 3 is 2.45 bits per heavy atom. The van der Waals surface area contributed by atoms with Crippen molar-refractivity contribution in [1.82, 2.24) is 10.3 Å². The van der Waals surface area contributed by atoms with Crippen molar-refractivity contribution < 1.29 is 10.2 Å². The maximum atomic E-state index is 9.71. The molecule has 1 atom stereocenters. The summed E-state index contributed by atoms with van der Waals surface area (Å²) >= 11 is 0. The lowest BCUT2D eigenvalue weighted by molar-refractivity contribution is 0.474. The van der Waals surface area contributed by atoms with E-state index in [4.69, 9.17) is 0 Å². The summed E-state index contributed by atoms with van der Waals surface area (Å²) in [4.78, 5) is 3.47. The molecule has 0 saturated heterocycles. The zero-order chi connectivity index (χ0) is 14.4. The Bertz CT molecular complexity index is 811. The van der Waals surface area contributed by atoms with E-state index in [1.54, 1.807) is 18.2 Å². The van der Waals surface area contributed by atoms with Gasteiger partial charge in [0.2, 0.25) is 0 Å². The number of halogens is 1. The van der Waals surface area contributed by atoms with E-state index in [0.717, 1.165) is 35.1 Å². The van der Waals surface area contributed by atoms with Crippen LogP contribution in [0.3, 0.4) is 0 Å². The van der Waals surface area contributed by atoms with Crippen molar-refractivity contribution in [3.8, 4) is 11.5 Å². The van der Waals surface area contributed by atoms with Crippen LogP contribution < -0.4 is 5.32 Å². The Morgan fingerprint density at radius 2 is 1.68 bits per heavy atom. The van der Waals surface area contributed by atoms with Gasteiger partial charge < -0.3 is 20.5 Å². The van der Waals surface area contributed by atoms with Gasteiger partial charge in [-0.3, -0.25) is 0 Å². The standard InChI is InChI=1S/C17H16N2O2.ClH/c20-11-3-1-10(2-4-11)16-17-13(7-8-18-16)14-9-12(21)5-6-15(14)19-17;/h1-6,9,16,18-21H,7-8H2;1H. The van der Waals surface area contributed by atoms with E-state index >= 15 is 0 Å². The van der Waals surface area contributed by atoms with Crippen molar-refractivity contribution in [3.63, 3.8) is 0 Å². The van der Waals surface area contributed by atoms with Crippen LogP contribution in [0.1, 0.15) is 22.9 Å². The van der Waals surface area contributed by atoms with E-state index in [-0.39, 0.29) is 24.2 Å². The minimum absolute atomic E-state index is 0. The van der Waals surface area contributed by atoms with Crippen LogP contribution in [0, 0.1) is 0 Å². The number of fused-ring (bicyclic) bond motifs is 3. The molecular formula is C17H17ClN2O2. The molecule has 0 fully saturated rings. The van der Waals surface area contributed by atoms with Gasteiger partial charge in [-0.1, -0.05) is 12.1 Å². The van der Waals surface area contributed by atoms with Gasteiger partial charge >= 0.3 is 0 Å². The zero-order valence-corrected chi connectivity index (χ0v) is 12.7. The monoisotopic (exact) mass is 316 g/mol. The SMILES string of the molecule is Cl.Oc1ccc(C2NCCc3c2[nH]c2ccc(O)cc32)cc1. The number of aromatic hydroxyl groups is 2. The Morgan fingerprint density at radius 1 is 0.955 bits per heavy atom. The van der Waals surface area contributed by atoms with E-state index in [0.29, 0.717) is 5.75 Å². The van der Waals surface area contributed by atoms with Gasteiger partial charge in [0.1, 0.15) is 11.5 Å². The number of aromatic amines is 1. The molecule has 4 rings (SSSR count). The number of phenolic OH excluding ortho intramolecular Hbond substituents is 2. The molecule has 4 N–H and O–H groups in total. The topological polar surface area (TPSA) is 68.3 Å². The summed E-state index contributed by atoms with van der Waals surface area (Å²) in [5.74, 6) is 0.570. The number of hydrogen-bond acceptors (Lipinski definition) is 3. The molecule has 5 heteroatoms. The van der Waals surface area contributed by atoms with Gasteiger partial charge in [-0.25, -0.2) is 0 Å². The summed E-state index contributed by atoms with van der Waals surface area (Å²) in [5, 5.41) is 23.7. The zero-order valence-electron chi connectivity index (χ0n) is 11.8. The van der Waals surface area contributed by atoms with E-state index in [1.807, 2.05) is 24.3 Å². The predicted molar refractivity (Wildman–Crippen MR) is 88.9 cm³/mol. The van der Waals surface area contributed by atoms with E-state index in [9.17, 15) is 10.2 Å². The highest BCUT2D eigenvalue weighted by Gasteiger charge is 2.25. The molecule has 0 aliphatic carbocycles. The number of rotatable bonds is 1. The Labute approximate surface area is 134 Å². The van der Waals surface area contributed by atoms with Gasteiger partial charge in [0.15, 0.2) is 0 Å². The van der Waals surface area contributed by atoms with E-state index in [1.165, 1.54) is 5.56 Å². The van der Waals surface area contributed by atoms with Crippen LogP contribution >= 0.6 is 12.4 Å². The number of benzene rings is 2. The number of phenols is 2. The molecule has 1 aromatic heterocycles. The van der Waals surface area contributed by atoms with Gasteiger partial charge in [0.05, 0.1) is 6.04 Å². The smallest absolute Gasteiger partial charge is 0.116 e. The lowest BCUT2D eigenvalue weighted by atomic mass is 9.94. The maximum Gasteiger partial charge on any atom is 0.116 e. The molecule has 2 heterocycles. The third kappa shape index (κ3) is 2.30. The minimum atomic E-state index is 0. The summed E-state index contributed by atoms with van der Waals surface area (Å²) in [5.41, 5.74) is 4.57. The molecule has 1 aliphatic rings. The van der Waals surface area contributed by atoms with Crippen LogP contribution in [0.15, 0.2) is 42.5 Å². The summed E-state index contributed by atoms with van der Waals surface area (Å²) in [6.45, 7) is 0.890. The first-order valence-corrected chi connectivity index (χ1v) is 7.08. The molecule has 1 unspecified atom stereocenters. The quantitative estimate of drug-likeness (QED) is 0.557. The summed E-state index contributed by atoms with van der Waals surface area (Å²) < 4.78 is 0. The molecule has 0 amide bonds. The lowest BCUT2D eigenvalue weighted by Gasteiger charge is -2.24. The third-order valence-electron chi connectivity index (χ3n) is 4.16. The van der Waals surface area contributed by atoms with Gasteiger partial charge in [-0.05, 0) is 47.9 Å². The van der Waals surface area contributed by atoms with Gasteiger partial charge in [-0.15, -0.1) is 12.4 Å². The number of aromatic nitrogens is 1. The second kappa shape index (κ2) is 5.55. The first-order chi connectivity index (χ1) is 10.2. The van der Waals surface area contributed by atoms with E-state index < -0.39 is 0 Å². The van der Waals surface area contributed by atoms with Crippen molar-refractivity contribution in [2.45, 2.75) is 12.5 Å². The Kier molecular flexibility index (Phi) is 3.72.